The Morgan fingerprint density at radius 1 is 1.00 bits per heavy atom. The first-order chi connectivity index (χ1) is 14.2. The lowest BCUT2D eigenvalue weighted by Crippen LogP contribution is -2.03. The fraction of sp³-hybridized carbons (Fsp3) is 0.240. The van der Waals surface area contributed by atoms with Crippen LogP contribution in [0.15, 0.2) is 71.8 Å². The Morgan fingerprint density at radius 3 is 2.28 bits per heavy atom. The molecule has 0 aliphatic carbocycles. The molecule has 1 heterocycles. The molecule has 0 saturated heterocycles. The SMILES string of the molecule is CCCCCC(=O)CSc1nc(-c2ccccc2)cc(-c2ccccc2)c1C#N. The molecule has 3 nitrogen and oxygen atoms in total. The van der Waals surface area contributed by atoms with E-state index in [4.69, 9.17) is 4.98 Å². The van der Waals surface area contributed by atoms with E-state index >= 15 is 0 Å². The summed E-state index contributed by atoms with van der Waals surface area (Å²) in [4.78, 5) is 17.0. The number of carbonyl (C=O) groups excluding carboxylic acids is 1. The van der Waals surface area contributed by atoms with Gasteiger partial charge >= 0.3 is 0 Å². The number of benzene rings is 2. The third-order valence-corrected chi connectivity index (χ3v) is 5.72. The Morgan fingerprint density at radius 2 is 1.66 bits per heavy atom. The van der Waals surface area contributed by atoms with Gasteiger partial charge in [0.1, 0.15) is 16.9 Å². The monoisotopic (exact) mass is 400 g/mol. The van der Waals surface area contributed by atoms with E-state index in [-0.39, 0.29) is 5.78 Å². The number of aromatic nitrogens is 1. The zero-order chi connectivity index (χ0) is 20.5. The van der Waals surface area contributed by atoms with Gasteiger partial charge < -0.3 is 0 Å². The van der Waals surface area contributed by atoms with Crippen LogP contribution in [0, 0.1) is 11.3 Å². The Labute approximate surface area is 176 Å². The van der Waals surface area contributed by atoms with Gasteiger partial charge in [-0.3, -0.25) is 4.79 Å². The normalized spacial score (nSPS) is 10.5. The van der Waals surface area contributed by atoms with Crippen molar-refractivity contribution in [3.05, 3.63) is 72.3 Å². The van der Waals surface area contributed by atoms with E-state index < -0.39 is 0 Å². The van der Waals surface area contributed by atoms with Crippen molar-refractivity contribution in [3.63, 3.8) is 0 Å². The molecule has 3 aromatic rings. The summed E-state index contributed by atoms with van der Waals surface area (Å²) in [7, 11) is 0. The second-order valence-electron chi connectivity index (χ2n) is 6.86. The fourth-order valence-electron chi connectivity index (χ4n) is 3.13. The number of Topliss-reactive ketones (excluding diaryl/α,β-unsaturated/α-hetero) is 1. The molecule has 0 aliphatic rings. The van der Waals surface area contributed by atoms with Crippen LogP contribution in [-0.2, 0) is 4.79 Å². The van der Waals surface area contributed by atoms with Crippen LogP contribution in [0.5, 0.6) is 0 Å². The molecule has 0 fully saturated rings. The number of unbranched alkanes of at least 4 members (excludes halogenated alkanes) is 2. The largest absolute Gasteiger partial charge is 0.299 e. The van der Waals surface area contributed by atoms with Crippen molar-refractivity contribution in [2.75, 3.05) is 5.75 Å². The number of ketones is 1. The van der Waals surface area contributed by atoms with Gasteiger partial charge in [0, 0.05) is 17.5 Å². The van der Waals surface area contributed by atoms with E-state index in [2.05, 4.69) is 13.0 Å². The molecule has 146 valence electrons. The highest BCUT2D eigenvalue weighted by molar-refractivity contribution is 8.00. The van der Waals surface area contributed by atoms with Crippen LogP contribution < -0.4 is 0 Å². The summed E-state index contributed by atoms with van der Waals surface area (Å²) in [6.45, 7) is 2.13. The number of nitriles is 1. The summed E-state index contributed by atoms with van der Waals surface area (Å²) in [6.07, 6.45) is 3.68. The van der Waals surface area contributed by atoms with Gasteiger partial charge in [0.05, 0.1) is 17.0 Å². The highest BCUT2D eigenvalue weighted by Gasteiger charge is 2.16. The predicted molar refractivity (Wildman–Crippen MR) is 120 cm³/mol. The van der Waals surface area contributed by atoms with Gasteiger partial charge in [-0.05, 0) is 18.1 Å². The van der Waals surface area contributed by atoms with Crippen LogP contribution in [0.25, 0.3) is 22.4 Å². The number of hydrogen-bond donors (Lipinski definition) is 0. The van der Waals surface area contributed by atoms with Gasteiger partial charge in [-0.2, -0.15) is 5.26 Å². The third kappa shape index (κ3) is 5.56. The van der Waals surface area contributed by atoms with E-state index in [1.54, 1.807) is 0 Å². The fourth-order valence-corrected chi connectivity index (χ4v) is 4.03. The van der Waals surface area contributed by atoms with E-state index in [9.17, 15) is 10.1 Å². The molecule has 0 N–H and O–H groups in total. The first kappa shape index (κ1) is 20.8. The minimum absolute atomic E-state index is 0.209. The standard InChI is InChI=1S/C25H24N2OS/c1-2-3-6-15-21(28)18-29-25-23(17-26)22(19-11-7-4-8-12-19)16-24(27-25)20-13-9-5-10-14-20/h4-5,7-14,16H,2-3,6,15,18H2,1H3. The third-order valence-electron chi connectivity index (χ3n) is 4.68. The second-order valence-corrected chi connectivity index (χ2v) is 7.83. The number of rotatable bonds is 9. The average Bonchev–Trinajstić information content (AvgIpc) is 2.78. The van der Waals surface area contributed by atoms with E-state index in [1.807, 2.05) is 66.7 Å². The number of nitrogens with zero attached hydrogens (tertiary/aromatic N) is 2. The lowest BCUT2D eigenvalue weighted by atomic mass is 9.99. The zero-order valence-corrected chi connectivity index (χ0v) is 17.4. The number of thioether (sulfide) groups is 1. The summed E-state index contributed by atoms with van der Waals surface area (Å²) in [5.74, 6) is 0.554. The Balaban J connectivity index is 1.97. The average molecular weight is 401 g/mol. The first-order valence-corrected chi connectivity index (χ1v) is 10.9. The maximum absolute atomic E-state index is 12.3. The van der Waals surface area contributed by atoms with Crippen LogP contribution in [-0.4, -0.2) is 16.5 Å². The topological polar surface area (TPSA) is 53.8 Å². The molecule has 1 aromatic heterocycles. The highest BCUT2D eigenvalue weighted by atomic mass is 32.2. The molecule has 3 rings (SSSR count). The van der Waals surface area contributed by atoms with Crippen molar-refractivity contribution < 1.29 is 4.79 Å². The maximum Gasteiger partial charge on any atom is 0.143 e. The van der Waals surface area contributed by atoms with Crippen LogP contribution in [0.1, 0.15) is 38.2 Å². The van der Waals surface area contributed by atoms with Crippen LogP contribution in [0.3, 0.4) is 0 Å². The molecular formula is C25H24N2OS. The van der Waals surface area contributed by atoms with Crippen LogP contribution in [0.2, 0.25) is 0 Å². The van der Waals surface area contributed by atoms with Gasteiger partial charge in [0.2, 0.25) is 0 Å². The summed E-state index contributed by atoms with van der Waals surface area (Å²) >= 11 is 1.37. The predicted octanol–water partition coefficient (Wildman–Crippen LogP) is 6.53. The van der Waals surface area contributed by atoms with Crippen molar-refractivity contribution in [3.8, 4) is 28.5 Å². The Hall–Kier alpha value is -2.90. The van der Waals surface area contributed by atoms with Gasteiger partial charge in [-0.25, -0.2) is 4.98 Å². The molecule has 29 heavy (non-hydrogen) atoms. The molecule has 0 spiro atoms. The molecule has 0 amide bonds. The van der Waals surface area contributed by atoms with E-state index in [0.717, 1.165) is 41.6 Å². The van der Waals surface area contributed by atoms with Crippen molar-refractivity contribution in [2.45, 2.75) is 37.6 Å². The maximum atomic E-state index is 12.3. The van der Waals surface area contributed by atoms with Crippen molar-refractivity contribution in [2.24, 2.45) is 0 Å². The lowest BCUT2D eigenvalue weighted by molar-refractivity contribution is -0.116. The van der Waals surface area contributed by atoms with Crippen molar-refractivity contribution >= 4 is 17.5 Å². The summed E-state index contributed by atoms with van der Waals surface area (Å²) in [6, 6.07) is 24.1. The summed E-state index contributed by atoms with van der Waals surface area (Å²) < 4.78 is 0. The first-order valence-electron chi connectivity index (χ1n) is 9.93. The zero-order valence-electron chi connectivity index (χ0n) is 16.6. The number of carbonyl (C=O) groups is 1. The molecule has 0 radical (unpaired) electrons. The molecule has 4 heteroatoms. The molecule has 0 atom stereocenters. The second kappa shape index (κ2) is 10.6. The van der Waals surface area contributed by atoms with Gasteiger partial charge in [-0.1, -0.05) is 92.2 Å². The smallest absolute Gasteiger partial charge is 0.143 e. The van der Waals surface area contributed by atoms with Crippen molar-refractivity contribution in [1.29, 1.82) is 5.26 Å². The molecular weight excluding hydrogens is 376 g/mol. The van der Waals surface area contributed by atoms with Gasteiger partial charge in [0.15, 0.2) is 0 Å². The quantitative estimate of drug-likeness (QED) is 0.303. The number of pyridine rings is 1. The lowest BCUT2D eigenvalue weighted by Gasteiger charge is -2.12. The van der Waals surface area contributed by atoms with Gasteiger partial charge in [0.25, 0.3) is 0 Å². The molecule has 2 aromatic carbocycles. The highest BCUT2D eigenvalue weighted by Crippen LogP contribution is 2.34. The summed E-state index contributed by atoms with van der Waals surface area (Å²) in [5.41, 5.74) is 4.15. The minimum Gasteiger partial charge on any atom is -0.299 e. The molecule has 0 saturated carbocycles. The Bertz CT molecular complexity index is 995. The molecule has 0 aliphatic heterocycles. The van der Waals surface area contributed by atoms with Crippen LogP contribution >= 0.6 is 11.8 Å². The molecule has 0 bridgehead atoms. The van der Waals surface area contributed by atoms with Crippen molar-refractivity contribution in [1.82, 2.24) is 4.98 Å². The number of hydrogen-bond acceptors (Lipinski definition) is 4. The van der Waals surface area contributed by atoms with Crippen LogP contribution in [0.4, 0.5) is 0 Å². The van der Waals surface area contributed by atoms with E-state index in [0.29, 0.717) is 22.8 Å². The van der Waals surface area contributed by atoms with Gasteiger partial charge in [-0.15, -0.1) is 0 Å². The Kier molecular flexibility index (Phi) is 7.61. The summed E-state index contributed by atoms with van der Waals surface area (Å²) in [5, 5.41) is 10.5. The molecule has 0 unspecified atom stereocenters. The minimum atomic E-state index is 0.209. The van der Waals surface area contributed by atoms with E-state index in [1.165, 1.54) is 11.8 Å².